The van der Waals surface area contributed by atoms with Gasteiger partial charge in [-0.2, -0.15) is 18.3 Å². The Morgan fingerprint density at radius 3 is 2.44 bits per heavy atom. The van der Waals surface area contributed by atoms with Gasteiger partial charge >= 0.3 is 12.1 Å². The van der Waals surface area contributed by atoms with Crippen molar-refractivity contribution in [3.63, 3.8) is 0 Å². The Morgan fingerprint density at radius 1 is 1.19 bits per heavy atom. The Hall–Kier alpha value is -2.94. The van der Waals surface area contributed by atoms with E-state index in [-0.39, 0.29) is 5.25 Å². The third kappa shape index (κ3) is 5.64. The molecule has 32 heavy (non-hydrogen) atoms. The number of carboxylic acids is 1. The van der Waals surface area contributed by atoms with E-state index in [0.29, 0.717) is 11.4 Å². The van der Waals surface area contributed by atoms with Gasteiger partial charge in [-0.25, -0.2) is 9.48 Å². The average molecular weight is 465 g/mol. The molecule has 0 aliphatic carbocycles. The Bertz CT molecular complexity index is 1090. The van der Waals surface area contributed by atoms with Crippen LogP contribution in [0.15, 0.2) is 53.6 Å². The Balaban J connectivity index is 1.79. The van der Waals surface area contributed by atoms with E-state index in [0.717, 1.165) is 40.3 Å². The van der Waals surface area contributed by atoms with Crippen molar-refractivity contribution in [3.05, 3.63) is 71.0 Å². The molecule has 0 bridgehead atoms. The van der Waals surface area contributed by atoms with Crippen molar-refractivity contribution in [1.82, 2.24) is 9.78 Å². The molecule has 3 rings (SSSR count). The second-order valence-corrected chi connectivity index (χ2v) is 8.56. The summed E-state index contributed by atoms with van der Waals surface area (Å²) in [5.74, 6) is -0.509. The van der Waals surface area contributed by atoms with Crippen LogP contribution in [-0.4, -0.2) is 27.5 Å². The summed E-state index contributed by atoms with van der Waals surface area (Å²) >= 11 is 1.64. The highest BCUT2D eigenvalue weighted by Crippen LogP contribution is 2.40. The van der Waals surface area contributed by atoms with Gasteiger partial charge in [0, 0.05) is 21.9 Å². The number of hydrogen-bond acceptors (Lipinski definition) is 4. The summed E-state index contributed by atoms with van der Waals surface area (Å²) in [6, 6.07) is 10.5. The quantitative estimate of drug-likeness (QED) is 0.401. The lowest BCUT2D eigenvalue weighted by Gasteiger charge is -2.15. The van der Waals surface area contributed by atoms with Gasteiger partial charge in [0.2, 0.25) is 0 Å². The van der Waals surface area contributed by atoms with Gasteiger partial charge < -0.3 is 9.84 Å². The number of rotatable bonds is 8. The predicted octanol–water partition coefficient (Wildman–Crippen LogP) is 6.21. The Kier molecular flexibility index (Phi) is 7.18. The Morgan fingerprint density at radius 2 is 1.88 bits per heavy atom. The van der Waals surface area contributed by atoms with Crippen LogP contribution < -0.4 is 4.74 Å². The highest BCUT2D eigenvalue weighted by molar-refractivity contribution is 7.99. The van der Waals surface area contributed by atoms with Crippen molar-refractivity contribution in [2.45, 2.75) is 43.5 Å². The minimum atomic E-state index is -4.37. The van der Waals surface area contributed by atoms with E-state index in [1.165, 1.54) is 12.1 Å². The number of carboxylic acid groups (broad SMARTS) is 1. The van der Waals surface area contributed by atoms with E-state index in [2.05, 4.69) is 12.0 Å². The molecule has 0 saturated carbocycles. The fourth-order valence-corrected chi connectivity index (χ4v) is 4.50. The molecule has 0 unspecified atom stereocenters. The lowest BCUT2D eigenvalue weighted by molar-refractivity contribution is -0.139. The van der Waals surface area contributed by atoms with Crippen molar-refractivity contribution < 1.29 is 27.8 Å². The van der Waals surface area contributed by atoms with Crippen molar-refractivity contribution in [2.24, 2.45) is 0 Å². The summed E-state index contributed by atoms with van der Waals surface area (Å²) in [6.07, 6.45) is -1.70. The number of hydrogen-bond donors (Lipinski definition) is 1. The zero-order valence-electron chi connectivity index (χ0n) is 17.8. The van der Waals surface area contributed by atoms with Gasteiger partial charge in [0.05, 0.1) is 16.9 Å². The second kappa shape index (κ2) is 9.68. The summed E-state index contributed by atoms with van der Waals surface area (Å²) in [4.78, 5) is 11.7. The number of benzene rings is 2. The smallest absolute Gasteiger partial charge is 0.416 e. The molecule has 0 amide bonds. The van der Waals surface area contributed by atoms with Crippen LogP contribution in [0.2, 0.25) is 0 Å². The molecular weight excluding hydrogens is 441 g/mol. The van der Waals surface area contributed by atoms with Crippen molar-refractivity contribution in [2.75, 3.05) is 6.61 Å². The van der Waals surface area contributed by atoms with Gasteiger partial charge in [-0.1, -0.05) is 6.92 Å². The van der Waals surface area contributed by atoms with Crippen LogP contribution in [0.5, 0.6) is 5.75 Å². The van der Waals surface area contributed by atoms with Gasteiger partial charge in [0.15, 0.2) is 6.61 Å². The van der Waals surface area contributed by atoms with Gasteiger partial charge in [0.1, 0.15) is 5.75 Å². The fraction of sp³-hybridized carbons (Fsp3) is 0.304. The van der Waals surface area contributed by atoms with Crippen LogP contribution in [0, 0.1) is 13.8 Å². The number of aryl methyl sites for hydroxylation is 2. The van der Waals surface area contributed by atoms with Crippen LogP contribution in [-0.2, 0) is 11.0 Å². The van der Waals surface area contributed by atoms with Crippen LogP contribution in [0.3, 0.4) is 0 Å². The van der Waals surface area contributed by atoms with Crippen molar-refractivity contribution in [3.8, 4) is 11.4 Å². The van der Waals surface area contributed by atoms with Gasteiger partial charge in [-0.3, -0.25) is 0 Å². The van der Waals surface area contributed by atoms with Gasteiger partial charge in [-0.05, 0) is 68.3 Å². The number of aromatic nitrogens is 2. The summed E-state index contributed by atoms with van der Waals surface area (Å²) in [5, 5.41) is 13.4. The number of halogens is 3. The molecule has 0 saturated heterocycles. The molecule has 0 radical (unpaired) electrons. The fourth-order valence-electron chi connectivity index (χ4n) is 3.25. The molecule has 1 atom stereocenters. The molecule has 170 valence electrons. The van der Waals surface area contributed by atoms with Gasteiger partial charge in [0.25, 0.3) is 0 Å². The van der Waals surface area contributed by atoms with Crippen LogP contribution in [0.1, 0.15) is 41.0 Å². The Labute approximate surface area is 188 Å². The lowest BCUT2D eigenvalue weighted by atomic mass is 10.1. The highest BCUT2D eigenvalue weighted by Gasteiger charge is 2.30. The van der Waals surface area contributed by atoms with Crippen LogP contribution in [0.25, 0.3) is 5.69 Å². The maximum absolute atomic E-state index is 12.8. The molecule has 3 aromatic rings. The number of alkyl halides is 3. The van der Waals surface area contributed by atoms with E-state index in [1.807, 2.05) is 32.2 Å². The molecule has 1 heterocycles. The third-order valence-electron chi connectivity index (χ3n) is 4.89. The predicted molar refractivity (Wildman–Crippen MR) is 117 cm³/mol. The first-order valence-corrected chi connectivity index (χ1v) is 10.8. The monoisotopic (exact) mass is 464 g/mol. The lowest BCUT2D eigenvalue weighted by Crippen LogP contribution is -2.10. The maximum Gasteiger partial charge on any atom is 0.416 e. The van der Waals surface area contributed by atoms with E-state index < -0.39 is 24.3 Å². The number of nitrogens with zero attached hydrogens (tertiary/aromatic N) is 2. The highest BCUT2D eigenvalue weighted by atomic mass is 32.2. The molecular formula is C23H23F3N2O3S. The standard InChI is InChI=1S/C23H23F3N2O3S/c1-4-21(32-18-9-10-20(14(2)11-18)31-13-22(29)30)19-12-28(27-15(19)3)17-7-5-16(6-8-17)23(24,25)26/h5-12,21H,4,13H2,1-3H3,(H,29,30)/t21-/m1/s1. The van der Waals surface area contributed by atoms with Crippen molar-refractivity contribution >= 4 is 17.7 Å². The largest absolute Gasteiger partial charge is 0.482 e. The van der Waals surface area contributed by atoms with Crippen LogP contribution >= 0.6 is 11.8 Å². The summed E-state index contributed by atoms with van der Waals surface area (Å²) in [7, 11) is 0. The molecule has 0 aliphatic rings. The molecule has 9 heteroatoms. The normalized spacial score (nSPS) is 12.6. The number of carbonyl (C=O) groups is 1. The maximum atomic E-state index is 12.8. The number of aliphatic carboxylic acids is 1. The first-order valence-electron chi connectivity index (χ1n) is 9.94. The topological polar surface area (TPSA) is 64.3 Å². The summed E-state index contributed by atoms with van der Waals surface area (Å²) in [5.41, 5.74) is 2.51. The summed E-state index contributed by atoms with van der Waals surface area (Å²) in [6.45, 7) is 5.40. The number of ether oxygens (including phenoxy) is 1. The third-order valence-corrected chi connectivity index (χ3v) is 6.29. The van der Waals surface area contributed by atoms with Crippen LogP contribution in [0.4, 0.5) is 13.2 Å². The minimum absolute atomic E-state index is 0.0865. The van der Waals surface area contributed by atoms with E-state index >= 15 is 0 Å². The van der Waals surface area contributed by atoms with Crippen molar-refractivity contribution in [1.29, 1.82) is 0 Å². The van der Waals surface area contributed by atoms with Gasteiger partial charge in [-0.15, -0.1) is 11.8 Å². The first-order chi connectivity index (χ1) is 15.1. The zero-order valence-corrected chi connectivity index (χ0v) is 18.6. The number of thioether (sulfide) groups is 1. The molecule has 2 aromatic carbocycles. The zero-order chi connectivity index (χ0) is 23.5. The molecule has 0 aliphatic heterocycles. The minimum Gasteiger partial charge on any atom is -0.482 e. The molecule has 0 spiro atoms. The molecule has 1 N–H and O–H groups in total. The average Bonchev–Trinajstić information content (AvgIpc) is 3.12. The van der Waals surface area contributed by atoms with E-state index in [1.54, 1.807) is 22.5 Å². The SMILES string of the molecule is CC[C@@H](Sc1ccc(OCC(=O)O)c(C)c1)c1cn(-c2ccc(C(F)(F)F)cc2)nc1C. The first kappa shape index (κ1) is 23.7. The molecule has 1 aromatic heterocycles. The summed E-state index contributed by atoms with van der Waals surface area (Å²) < 4.78 is 45.3. The molecule has 0 fully saturated rings. The van der Waals surface area contributed by atoms with E-state index in [9.17, 15) is 18.0 Å². The second-order valence-electron chi connectivity index (χ2n) is 7.28. The molecule has 5 nitrogen and oxygen atoms in total. The van der Waals surface area contributed by atoms with E-state index in [4.69, 9.17) is 9.84 Å².